The molecule has 0 radical (unpaired) electrons. The van der Waals surface area contributed by atoms with Gasteiger partial charge in [0.25, 0.3) is 0 Å². The number of H-pyrrole nitrogens is 1. The number of aromatic amines is 1. The zero-order valence-corrected chi connectivity index (χ0v) is 14.7. The third-order valence-electron chi connectivity index (χ3n) is 2.98. The number of aromatic nitrogens is 2. The quantitative estimate of drug-likeness (QED) is 0.109. The van der Waals surface area contributed by atoms with E-state index in [-0.39, 0.29) is 25.3 Å². The molecule has 13 nitrogen and oxygen atoms in total. The van der Waals surface area contributed by atoms with Gasteiger partial charge < -0.3 is 37.0 Å². The number of hydrogen-bond donors (Lipinski definition) is 6. The summed E-state index contributed by atoms with van der Waals surface area (Å²) in [5.41, 5.74) is 21.9. The highest BCUT2D eigenvalue weighted by Crippen LogP contribution is 2.44. The summed E-state index contributed by atoms with van der Waals surface area (Å²) in [6, 6.07) is -2.48. The van der Waals surface area contributed by atoms with E-state index in [4.69, 9.17) is 22.9 Å². The molecule has 1 unspecified atom stereocenters. The number of nitrogens with two attached hydrogens (primary N) is 4. The van der Waals surface area contributed by atoms with Gasteiger partial charge in [-0.15, -0.1) is 0 Å². The predicted octanol–water partition coefficient (Wildman–Crippen LogP) is -2.15. The number of aliphatic imine (C=N–C) groups is 1. The first-order valence-corrected chi connectivity index (χ1v) is 8.93. The van der Waals surface area contributed by atoms with Gasteiger partial charge in [0.1, 0.15) is 12.1 Å². The fourth-order valence-electron chi connectivity index (χ4n) is 1.74. The summed E-state index contributed by atoms with van der Waals surface area (Å²) >= 11 is 0. The normalized spacial score (nSPS) is 15.3. The van der Waals surface area contributed by atoms with Crippen LogP contribution in [0.2, 0.25) is 0 Å². The summed E-state index contributed by atoms with van der Waals surface area (Å²) in [6.07, 6.45) is 3.20. The summed E-state index contributed by atoms with van der Waals surface area (Å²) in [6.45, 7) is 0.220. The van der Waals surface area contributed by atoms with Gasteiger partial charge in [-0.05, 0) is 12.8 Å². The standard InChI is InChI=1S/C12H22N7O6P/c13-8(2-1-3-18-12(15)16)10(20)24-26(22,23)25-11(21)9(14)4-7-5-17-6-19-7/h5-6,8-9H,1-4,13-14H2,(H,17,19)(H,22,23)(H4,15,16,18)/t8-,9-/m0/s1. The van der Waals surface area contributed by atoms with Gasteiger partial charge in [-0.3, -0.25) is 9.89 Å². The SMILES string of the molecule is NC(N)=NCCC[C@H](N)C(=O)OP(=O)(O)OC(=O)[C@@H](N)Cc1cnc[nH]1. The molecule has 0 amide bonds. The summed E-state index contributed by atoms with van der Waals surface area (Å²) in [7, 11) is -5.01. The Morgan fingerprint density at radius 1 is 1.27 bits per heavy atom. The third-order valence-corrected chi connectivity index (χ3v) is 3.80. The van der Waals surface area contributed by atoms with Crippen LogP contribution >= 0.6 is 7.82 Å². The number of rotatable bonds is 10. The Morgan fingerprint density at radius 3 is 2.42 bits per heavy atom. The van der Waals surface area contributed by atoms with Crippen LogP contribution in [0.1, 0.15) is 18.5 Å². The second-order valence-corrected chi connectivity index (χ2v) is 6.53. The van der Waals surface area contributed by atoms with Crippen LogP contribution in [0.5, 0.6) is 0 Å². The van der Waals surface area contributed by atoms with E-state index < -0.39 is 31.8 Å². The zero-order valence-electron chi connectivity index (χ0n) is 13.8. The number of imidazole rings is 1. The number of nitrogens with zero attached hydrogens (tertiary/aromatic N) is 2. The number of carbonyl (C=O) groups excluding carboxylic acids is 2. The van der Waals surface area contributed by atoms with Gasteiger partial charge in [0.15, 0.2) is 5.96 Å². The molecule has 146 valence electrons. The minimum absolute atomic E-state index is 0.0168. The molecule has 0 saturated heterocycles. The maximum Gasteiger partial charge on any atom is 0.589 e. The molecular formula is C12H22N7O6P. The Kier molecular flexibility index (Phi) is 8.19. The summed E-state index contributed by atoms with van der Waals surface area (Å²) in [5, 5.41) is 0. The minimum atomic E-state index is -5.01. The fourth-order valence-corrected chi connectivity index (χ4v) is 2.50. The highest BCUT2D eigenvalue weighted by molar-refractivity contribution is 7.48. The number of nitrogens with one attached hydrogen (secondary N) is 1. The molecule has 0 bridgehead atoms. The van der Waals surface area contributed by atoms with Crippen molar-refractivity contribution < 1.29 is 28.1 Å². The molecule has 0 aliphatic rings. The van der Waals surface area contributed by atoms with Crippen molar-refractivity contribution in [1.82, 2.24) is 9.97 Å². The van der Waals surface area contributed by atoms with Crippen LogP contribution in [0.3, 0.4) is 0 Å². The molecule has 1 aromatic heterocycles. The van der Waals surface area contributed by atoms with Crippen molar-refractivity contribution in [3.8, 4) is 0 Å². The maximum absolute atomic E-state index is 11.7. The van der Waals surface area contributed by atoms with E-state index in [0.29, 0.717) is 12.1 Å². The summed E-state index contributed by atoms with van der Waals surface area (Å²) in [5.74, 6) is -2.55. The Bertz CT molecular complexity index is 676. The van der Waals surface area contributed by atoms with Crippen molar-refractivity contribution >= 4 is 25.7 Å². The van der Waals surface area contributed by atoms with Crippen LogP contribution in [0.4, 0.5) is 0 Å². The monoisotopic (exact) mass is 391 g/mol. The molecule has 10 N–H and O–H groups in total. The molecule has 1 aromatic rings. The van der Waals surface area contributed by atoms with Crippen molar-refractivity contribution in [3.63, 3.8) is 0 Å². The van der Waals surface area contributed by atoms with Crippen LogP contribution in [0.15, 0.2) is 17.5 Å². The number of hydrogen-bond acceptors (Lipinski definition) is 9. The molecule has 0 saturated carbocycles. The van der Waals surface area contributed by atoms with Gasteiger partial charge in [0.2, 0.25) is 0 Å². The van der Waals surface area contributed by atoms with Crippen molar-refractivity contribution in [3.05, 3.63) is 18.2 Å². The molecule has 0 spiro atoms. The topological polar surface area (TPSA) is 235 Å². The Morgan fingerprint density at radius 2 is 1.88 bits per heavy atom. The number of phosphoric ester groups is 1. The van der Waals surface area contributed by atoms with Gasteiger partial charge in [0.05, 0.1) is 6.33 Å². The molecule has 0 aliphatic heterocycles. The first-order chi connectivity index (χ1) is 12.1. The second-order valence-electron chi connectivity index (χ2n) is 5.23. The highest BCUT2D eigenvalue weighted by Gasteiger charge is 2.34. The Balaban J connectivity index is 2.45. The van der Waals surface area contributed by atoms with Crippen LogP contribution in [-0.4, -0.2) is 51.4 Å². The van der Waals surface area contributed by atoms with E-state index in [1.54, 1.807) is 0 Å². The Labute approximate surface area is 148 Å². The van der Waals surface area contributed by atoms with E-state index in [2.05, 4.69) is 24.0 Å². The molecule has 1 rings (SSSR count). The van der Waals surface area contributed by atoms with Gasteiger partial charge in [0, 0.05) is 24.9 Å². The molecule has 0 fully saturated rings. The van der Waals surface area contributed by atoms with Gasteiger partial charge in [-0.25, -0.2) is 19.1 Å². The first-order valence-electron chi connectivity index (χ1n) is 7.44. The third kappa shape index (κ3) is 8.07. The lowest BCUT2D eigenvalue weighted by atomic mass is 10.2. The largest absolute Gasteiger partial charge is 0.589 e. The lowest BCUT2D eigenvalue weighted by molar-refractivity contribution is -0.142. The minimum Gasteiger partial charge on any atom is -0.370 e. The van der Waals surface area contributed by atoms with E-state index in [1.807, 2.05) is 0 Å². The average Bonchev–Trinajstić information content (AvgIpc) is 3.02. The number of guanidine groups is 1. The summed E-state index contributed by atoms with van der Waals surface area (Å²) in [4.78, 5) is 43.1. The molecule has 3 atom stereocenters. The van der Waals surface area contributed by atoms with Crippen molar-refractivity contribution in [2.24, 2.45) is 27.9 Å². The highest BCUT2D eigenvalue weighted by atomic mass is 31.2. The van der Waals surface area contributed by atoms with Crippen molar-refractivity contribution in [2.45, 2.75) is 31.3 Å². The van der Waals surface area contributed by atoms with Gasteiger partial charge in [-0.2, -0.15) is 0 Å². The van der Waals surface area contributed by atoms with Crippen LogP contribution in [0.25, 0.3) is 0 Å². The first kappa shape index (κ1) is 21.6. The van der Waals surface area contributed by atoms with Crippen molar-refractivity contribution in [2.75, 3.05) is 6.54 Å². The van der Waals surface area contributed by atoms with Crippen LogP contribution in [0, 0.1) is 0 Å². The van der Waals surface area contributed by atoms with E-state index in [9.17, 15) is 19.0 Å². The fraction of sp³-hybridized carbons (Fsp3) is 0.500. The number of phosphoric acid groups is 1. The van der Waals surface area contributed by atoms with Gasteiger partial charge in [-0.1, -0.05) is 0 Å². The smallest absolute Gasteiger partial charge is 0.370 e. The van der Waals surface area contributed by atoms with Gasteiger partial charge >= 0.3 is 19.8 Å². The lowest BCUT2D eigenvalue weighted by Gasteiger charge is -2.16. The van der Waals surface area contributed by atoms with E-state index >= 15 is 0 Å². The summed E-state index contributed by atoms with van der Waals surface area (Å²) < 4.78 is 20.3. The lowest BCUT2D eigenvalue weighted by Crippen LogP contribution is -2.35. The van der Waals surface area contributed by atoms with Crippen LogP contribution < -0.4 is 22.9 Å². The number of carbonyl (C=O) groups is 2. The van der Waals surface area contributed by atoms with E-state index in [0.717, 1.165) is 0 Å². The molecular weight excluding hydrogens is 369 g/mol. The van der Waals surface area contributed by atoms with Crippen molar-refractivity contribution in [1.29, 1.82) is 0 Å². The second kappa shape index (κ2) is 9.87. The molecule has 14 heteroatoms. The Hall–Kier alpha value is -2.47. The maximum atomic E-state index is 11.7. The molecule has 1 heterocycles. The molecule has 0 aliphatic carbocycles. The van der Waals surface area contributed by atoms with Crippen LogP contribution in [-0.2, 0) is 29.6 Å². The average molecular weight is 391 g/mol. The van der Waals surface area contributed by atoms with E-state index in [1.165, 1.54) is 12.5 Å². The molecule has 0 aromatic carbocycles. The molecule has 26 heavy (non-hydrogen) atoms. The zero-order chi connectivity index (χ0) is 19.7. The predicted molar refractivity (Wildman–Crippen MR) is 90.2 cm³/mol.